The molecular formula is C12H16BrN3OS. The molecule has 98 valence electrons. The summed E-state index contributed by atoms with van der Waals surface area (Å²) in [4.78, 5) is 16.6. The minimum Gasteiger partial charge on any atom is -0.392 e. The molecule has 18 heavy (non-hydrogen) atoms. The number of thiocarbonyl (C=S) groups is 1. The predicted octanol–water partition coefficient (Wildman–Crippen LogP) is 2.79. The van der Waals surface area contributed by atoms with Crippen molar-refractivity contribution in [2.75, 3.05) is 5.32 Å². The lowest BCUT2D eigenvalue weighted by Gasteiger charge is -2.25. The number of nitrogens with two attached hydrogens (primary N) is 1. The van der Waals surface area contributed by atoms with Gasteiger partial charge >= 0.3 is 0 Å². The zero-order chi connectivity index (χ0) is 13.9. The van der Waals surface area contributed by atoms with Crippen molar-refractivity contribution in [2.45, 2.75) is 27.2 Å². The largest absolute Gasteiger partial charge is 0.392 e. The molecule has 1 unspecified atom stereocenters. The Balaban J connectivity index is 2.93. The van der Waals surface area contributed by atoms with E-state index in [-0.39, 0.29) is 10.9 Å². The van der Waals surface area contributed by atoms with Gasteiger partial charge in [0.1, 0.15) is 5.82 Å². The van der Waals surface area contributed by atoms with E-state index in [1.807, 2.05) is 19.9 Å². The first-order valence-electron chi connectivity index (χ1n) is 5.55. The van der Waals surface area contributed by atoms with E-state index >= 15 is 0 Å². The Morgan fingerprint density at radius 1 is 1.61 bits per heavy atom. The zero-order valence-electron chi connectivity index (χ0n) is 10.6. The van der Waals surface area contributed by atoms with Crippen LogP contribution < -0.4 is 11.1 Å². The molecule has 0 aliphatic heterocycles. The number of halogens is 1. The van der Waals surface area contributed by atoms with Crippen LogP contribution in [0.3, 0.4) is 0 Å². The maximum absolute atomic E-state index is 12.2. The molecule has 0 spiro atoms. The Kier molecular flexibility index (Phi) is 4.81. The fraction of sp³-hybridized carbons (Fsp3) is 0.417. The summed E-state index contributed by atoms with van der Waals surface area (Å²) in [6.45, 7) is 5.46. The first-order valence-corrected chi connectivity index (χ1v) is 6.76. The van der Waals surface area contributed by atoms with Crippen molar-refractivity contribution in [3.63, 3.8) is 0 Å². The second kappa shape index (κ2) is 5.75. The van der Waals surface area contributed by atoms with Gasteiger partial charge < -0.3 is 11.1 Å². The van der Waals surface area contributed by atoms with Gasteiger partial charge in [0.15, 0.2) is 0 Å². The van der Waals surface area contributed by atoms with Gasteiger partial charge in [0.2, 0.25) is 5.91 Å². The van der Waals surface area contributed by atoms with Crippen LogP contribution in [0, 0.1) is 12.3 Å². The number of hydrogen-bond acceptors (Lipinski definition) is 3. The van der Waals surface area contributed by atoms with Gasteiger partial charge in [-0.3, -0.25) is 4.79 Å². The van der Waals surface area contributed by atoms with E-state index in [1.54, 1.807) is 13.0 Å². The van der Waals surface area contributed by atoms with Crippen LogP contribution in [-0.4, -0.2) is 15.9 Å². The number of carbonyl (C=O) groups is 1. The molecule has 1 aromatic heterocycles. The first kappa shape index (κ1) is 15.0. The van der Waals surface area contributed by atoms with E-state index in [0.29, 0.717) is 12.2 Å². The maximum atomic E-state index is 12.2. The molecule has 1 atom stereocenters. The summed E-state index contributed by atoms with van der Waals surface area (Å²) in [5.74, 6) is 0.267. The van der Waals surface area contributed by atoms with E-state index in [0.717, 1.165) is 10.2 Å². The second-order valence-electron chi connectivity index (χ2n) is 4.27. The summed E-state index contributed by atoms with van der Waals surface area (Å²) in [6.07, 6.45) is 0.545. The fourth-order valence-electron chi connectivity index (χ4n) is 1.31. The summed E-state index contributed by atoms with van der Waals surface area (Å²) in [6, 6.07) is 3.56. The summed E-state index contributed by atoms with van der Waals surface area (Å²) in [7, 11) is 0. The highest BCUT2D eigenvalue weighted by molar-refractivity contribution is 9.10. The monoisotopic (exact) mass is 329 g/mol. The highest BCUT2D eigenvalue weighted by atomic mass is 79.9. The average Bonchev–Trinajstić information content (AvgIpc) is 2.32. The molecule has 1 aromatic rings. The first-order chi connectivity index (χ1) is 8.31. The number of pyridine rings is 1. The quantitative estimate of drug-likeness (QED) is 0.833. The lowest BCUT2D eigenvalue weighted by atomic mass is 9.86. The summed E-state index contributed by atoms with van der Waals surface area (Å²) >= 11 is 8.31. The molecule has 0 saturated heterocycles. The molecule has 0 aliphatic rings. The Hall–Kier alpha value is -1.01. The van der Waals surface area contributed by atoms with E-state index in [1.165, 1.54) is 0 Å². The third kappa shape index (κ3) is 3.05. The van der Waals surface area contributed by atoms with Gasteiger partial charge in [-0.2, -0.15) is 0 Å². The van der Waals surface area contributed by atoms with Gasteiger partial charge in [-0.15, -0.1) is 0 Å². The maximum Gasteiger partial charge on any atom is 0.238 e. The summed E-state index contributed by atoms with van der Waals surface area (Å²) in [5, 5.41) is 2.74. The average molecular weight is 330 g/mol. The number of nitrogens with zero attached hydrogens (tertiary/aromatic N) is 1. The van der Waals surface area contributed by atoms with E-state index in [4.69, 9.17) is 18.0 Å². The van der Waals surface area contributed by atoms with Crippen molar-refractivity contribution in [1.29, 1.82) is 0 Å². The molecule has 6 heteroatoms. The highest BCUT2D eigenvalue weighted by Gasteiger charge is 2.34. The number of hydrogen-bond donors (Lipinski definition) is 2. The van der Waals surface area contributed by atoms with Crippen LogP contribution in [0.15, 0.2) is 16.6 Å². The van der Waals surface area contributed by atoms with Gasteiger partial charge in [-0.25, -0.2) is 4.98 Å². The third-order valence-corrected chi connectivity index (χ3v) is 4.30. The van der Waals surface area contributed by atoms with E-state index in [9.17, 15) is 4.79 Å². The number of aromatic nitrogens is 1. The summed E-state index contributed by atoms with van der Waals surface area (Å²) in [5.41, 5.74) is 5.59. The normalized spacial score (nSPS) is 13.8. The van der Waals surface area contributed by atoms with Crippen molar-refractivity contribution in [1.82, 2.24) is 4.98 Å². The number of rotatable bonds is 4. The Labute approximate surface area is 120 Å². The topological polar surface area (TPSA) is 68.0 Å². The number of aryl methyl sites for hydroxylation is 1. The number of anilines is 1. The van der Waals surface area contributed by atoms with E-state index in [2.05, 4.69) is 26.2 Å². The van der Waals surface area contributed by atoms with Crippen molar-refractivity contribution in [3.05, 3.63) is 22.3 Å². The Morgan fingerprint density at radius 2 is 2.22 bits per heavy atom. The summed E-state index contributed by atoms with van der Waals surface area (Å²) < 4.78 is 0.896. The molecule has 0 radical (unpaired) electrons. The van der Waals surface area contributed by atoms with Crippen LogP contribution in [0.4, 0.5) is 5.82 Å². The molecule has 0 saturated carbocycles. The van der Waals surface area contributed by atoms with Crippen LogP contribution in [-0.2, 0) is 4.79 Å². The van der Waals surface area contributed by atoms with Gasteiger partial charge in [0.25, 0.3) is 0 Å². The number of nitrogens with one attached hydrogen (secondary N) is 1. The Bertz CT molecular complexity index is 492. The molecule has 3 N–H and O–H groups in total. The van der Waals surface area contributed by atoms with Gasteiger partial charge in [0.05, 0.1) is 16.1 Å². The molecule has 0 bridgehead atoms. The molecule has 0 aliphatic carbocycles. The van der Waals surface area contributed by atoms with Crippen LogP contribution in [0.25, 0.3) is 0 Å². The predicted molar refractivity (Wildman–Crippen MR) is 80.5 cm³/mol. The van der Waals surface area contributed by atoms with Gasteiger partial charge in [-0.05, 0) is 48.3 Å². The van der Waals surface area contributed by atoms with Crippen LogP contribution in [0.1, 0.15) is 26.0 Å². The van der Waals surface area contributed by atoms with Crippen LogP contribution >= 0.6 is 28.1 Å². The van der Waals surface area contributed by atoms with Crippen molar-refractivity contribution >= 4 is 44.9 Å². The molecular weight excluding hydrogens is 314 g/mol. The molecule has 4 nitrogen and oxygen atoms in total. The van der Waals surface area contributed by atoms with Gasteiger partial charge in [0, 0.05) is 4.47 Å². The lowest BCUT2D eigenvalue weighted by Crippen LogP contribution is -2.43. The van der Waals surface area contributed by atoms with Gasteiger partial charge in [-0.1, -0.05) is 19.1 Å². The van der Waals surface area contributed by atoms with Crippen LogP contribution in [0.5, 0.6) is 0 Å². The standard InChI is InChI=1S/C12H16BrN3OS/c1-4-12(3,10(14)18)11(17)16-9-6-5-8(13)7(2)15-9/h5-6H,4H2,1-3H3,(H2,14,18)(H,15,16,17). The van der Waals surface area contributed by atoms with E-state index < -0.39 is 5.41 Å². The van der Waals surface area contributed by atoms with Crippen molar-refractivity contribution in [2.24, 2.45) is 11.1 Å². The van der Waals surface area contributed by atoms with Crippen LogP contribution in [0.2, 0.25) is 0 Å². The number of carbonyl (C=O) groups excluding carboxylic acids is 1. The smallest absolute Gasteiger partial charge is 0.238 e. The Morgan fingerprint density at radius 3 is 2.67 bits per heavy atom. The molecule has 0 aromatic carbocycles. The molecule has 1 rings (SSSR count). The minimum absolute atomic E-state index is 0.191. The zero-order valence-corrected chi connectivity index (χ0v) is 13.0. The molecule has 0 fully saturated rings. The lowest BCUT2D eigenvalue weighted by molar-refractivity contribution is -0.121. The van der Waals surface area contributed by atoms with Crippen molar-refractivity contribution < 1.29 is 4.79 Å². The minimum atomic E-state index is -0.849. The van der Waals surface area contributed by atoms with Crippen molar-refractivity contribution in [3.8, 4) is 0 Å². The molecule has 1 amide bonds. The number of amides is 1. The highest BCUT2D eigenvalue weighted by Crippen LogP contribution is 2.24. The SMILES string of the molecule is CCC(C)(C(=O)Nc1ccc(Br)c(C)n1)C(N)=S. The fourth-order valence-corrected chi connectivity index (χ4v) is 1.77. The molecule has 1 heterocycles. The third-order valence-electron chi connectivity index (χ3n) is 3.02. The second-order valence-corrected chi connectivity index (χ2v) is 5.56.